The van der Waals surface area contributed by atoms with Gasteiger partial charge in [0.1, 0.15) is 17.9 Å². The Bertz CT molecular complexity index is 560. The predicted octanol–water partition coefficient (Wildman–Crippen LogP) is 1.77. The summed E-state index contributed by atoms with van der Waals surface area (Å²) in [7, 11) is 0. The first-order valence-electron chi connectivity index (χ1n) is 7.01. The number of hydrogen-bond donors (Lipinski definition) is 2. The van der Waals surface area contributed by atoms with Gasteiger partial charge in [0.05, 0.1) is 5.56 Å². The van der Waals surface area contributed by atoms with Crippen LogP contribution in [0, 0.1) is 11.3 Å². The minimum atomic E-state index is -0.420. The van der Waals surface area contributed by atoms with Crippen molar-refractivity contribution in [2.45, 2.75) is 52.1 Å². The number of fused-ring (bicyclic) bond motifs is 1. The van der Waals surface area contributed by atoms with Crippen LogP contribution in [0.3, 0.4) is 0 Å². The highest BCUT2D eigenvalue weighted by atomic mass is 16.2. The molecule has 1 heterocycles. The van der Waals surface area contributed by atoms with Crippen molar-refractivity contribution in [3.05, 3.63) is 22.9 Å². The van der Waals surface area contributed by atoms with Crippen LogP contribution in [-0.2, 0) is 17.6 Å². The highest BCUT2D eigenvalue weighted by molar-refractivity contribution is 5.84. The van der Waals surface area contributed by atoms with Crippen LogP contribution in [0.1, 0.15) is 44.0 Å². The summed E-state index contributed by atoms with van der Waals surface area (Å²) in [6, 6.07) is 3.72. The molecular formula is C15H20N4O. The summed E-state index contributed by atoms with van der Waals surface area (Å²) < 4.78 is 0. The summed E-state index contributed by atoms with van der Waals surface area (Å²) in [6.45, 7) is 5.60. The van der Waals surface area contributed by atoms with Gasteiger partial charge in [-0.2, -0.15) is 5.26 Å². The molecular weight excluding hydrogens is 252 g/mol. The van der Waals surface area contributed by atoms with Crippen LogP contribution in [0.15, 0.2) is 6.07 Å². The summed E-state index contributed by atoms with van der Waals surface area (Å²) in [5.41, 5.74) is 2.71. The van der Waals surface area contributed by atoms with E-state index in [9.17, 15) is 10.1 Å². The maximum absolute atomic E-state index is 11.9. The number of carbonyl (C=O) groups is 1. The van der Waals surface area contributed by atoms with Gasteiger partial charge in [-0.25, -0.2) is 4.98 Å². The molecule has 1 aliphatic carbocycles. The second-order valence-electron chi connectivity index (χ2n) is 5.49. The number of carbonyl (C=O) groups excluding carboxylic acids is 1. The number of nitriles is 1. The number of aromatic nitrogens is 1. The Morgan fingerprint density at radius 3 is 2.80 bits per heavy atom. The quantitative estimate of drug-likeness (QED) is 0.875. The minimum absolute atomic E-state index is 0.0915. The molecule has 1 aromatic rings. The lowest BCUT2D eigenvalue weighted by molar-refractivity contribution is -0.122. The molecule has 1 aromatic heterocycles. The molecule has 0 spiro atoms. The number of hydrogen-bond acceptors (Lipinski definition) is 4. The second kappa shape index (κ2) is 5.91. The van der Waals surface area contributed by atoms with Crippen molar-refractivity contribution in [2.24, 2.45) is 0 Å². The van der Waals surface area contributed by atoms with Crippen molar-refractivity contribution in [1.82, 2.24) is 10.3 Å². The Kier molecular flexibility index (Phi) is 4.23. The fourth-order valence-electron chi connectivity index (χ4n) is 2.35. The molecule has 1 amide bonds. The van der Waals surface area contributed by atoms with E-state index < -0.39 is 6.04 Å². The van der Waals surface area contributed by atoms with Crippen LogP contribution in [0.2, 0.25) is 0 Å². The van der Waals surface area contributed by atoms with E-state index in [1.54, 1.807) is 6.92 Å². The molecule has 2 N–H and O–H groups in total. The normalized spacial score (nSPS) is 14.6. The SMILES string of the molecule is CC(C)NC(=O)C(C)Nc1nc2c(cc1C#N)CCC2. The summed E-state index contributed by atoms with van der Waals surface area (Å²) in [6.07, 6.45) is 3.02. The molecule has 5 heteroatoms. The molecule has 1 aliphatic rings. The Balaban J connectivity index is 2.17. The molecule has 0 bridgehead atoms. The molecule has 1 unspecified atom stereocenters. The van der Waals surface area contributed by atoms with Gasteiger partial charge in [-0.1, -0.05) is 0 Å². The van der Waals surface area contributed by atoms with Gasteiger partial charge in [0.25, 0.3) is 0 Å². The lowest BCUT2D eigenvalue weighted by Gasteiger charge is -2.17. The van der Waals surface area contributed by atoms with E-state index in [0.29, 0.717) is 11.4 Å². The lowest BCUT2D eigenvalue weighted by atomic mass is 10.1. The van der Waals surface area contributed by atoms with E-state index in [4.69, 9.17) is 0 Å². The van der Waals surface area contributed by atoms with E-state index in [1.807, 2.05) is 19.9 Å². The van der Waals surface area contributed by atoms with Gasteiger partial charge < -0.3 is 10.6 Å². The second-order valence-corrected chi connectivity index (χ2v) is 5.49. The van der Waals surface area contributed by atoms with Gasteiger partial charge in [0.2, 0.25) is 5.91 Å². The molecule has 1 atom stereocenters. The smallest absolute Gasteiger partial charge is 0.242 e. The topological polar surface area (TPSA) is 77.8 Å². The van der Waals surface area contributed by atoms with Crippen molar-refractivity contribution in [1.29, 1.82) is 5.26 Å². The van der Waals surface area contributed by atoms with Gasteiger partial charge in [0.15, 0.2) is 0 Å². The molecule has 5 nitrogen and oxygen atoms in total. The van der Waals surface area contributed by atoms with Crippen molar-refractivity contribution < 1.29 is 4.79 Å². The number of nitrogens with one attached hydrogen (secondary N) is 2. The van der Waals surface area contributed by atoms with Crippen molar-refractivity contribution >= 4 is 11.7 Å². The third-order valence-corrected chi connectivity index (χ3v) is 3.35. The van der Waals surface area contributed by atoms with Gasteiger partial charge in [0, 0.05) is 11.7 Å². The average Bonchev–Trinajstić information content (AvgIpc) is 2.83. The Hall–Kier alpha value is -2.09. The van der Waals surface area contributed by atoms with E-state index in [0.717, 1.165) is 30.5 Å². The van der Waals surface area contributed by atoms with E-state index in [-0.39, 0.29) is 11.9 Å². The van der Waals surface area contributed by atoms with Gasteiger partial charge in [-0.3, -0.25) is 4.79 Å². The van der Waals surface area contributed by atoms with Crippen molar-refractivity contribution in [3.8, 4) is 6.07 Å². The van der Waals surface area contributed by atoms with Crippen molar-refractivity contribution in [3.63, 3.8) is 0 Å². The number of anilines is 1. The summed E-state index contributed by atoms with van der Waals surface area (Å²) in [4.78, 5) is 16.4. The zero-order chi connectivity index (χ0) is 14.7. The Labute approximate surface area is 119 Å². The zero-order valence-electron chi connectivity index (χ0n) is 12.2. The first-order valence-corrected chi connectivity index (χ1v) is 7.01. The van der Waals surface area contributed by atoms with Gasteiger partial charge in [-0.05, 0) is 51.7 Å². The average molecular weight is 272 g/mol. The first kappa shape index (κ1) is 14.3. The number of pyridine rings is 1. The van der Waals surface area contributed by atoms with Gasteiger partial charge in [-0.15, -0.1) is 0 Å². The highest BCUT2D eigenvalue weighted by Gasteiger charge is 2.19. The standard InChI is InChI=1S/C15H20N4O/c1-9(2)17-15(20)10(3)18-14-12(8-16)7-11-5-4-6-13(11)19-14/h7,9-10H,4-6H2,1-3H3,(H,17,20)(H,18,19). The third kappa shape index (κ3) is 3.08. The molecule has 20 heavy (non-hydrogen) atoms. The lowest BCUT2D eigenvalue weighted by Crippen LogP contribution is -2.41. The molecule has 0 radical (unpaired) electrons. The molecule has 0 fully saturated rings. The largest absolute Gasteiger partial charge is 0.358 e. The minimum Gasteiger partial charge on any atom is -0.358 e. The van der Waals surface area contributed by atoms with Crippen molar-refractivity contribution in [2.75, 3.05) is 5.32 Å². The summed E-state index contributed by atoms with van der Waals surface area (Å²) in [5, 5.41) is 15.1. The maximum atomic E-state index is 11.9. The first-order chi connectivity index (χ1) is 9.51. The molecule has 0 aliphatic heterocycles. The van der Waals surface area contributed by atoms with Crippen LogP contribution in [0.25, 0.3) is 0 Å². The van der Waals surface area contributed by atoms with E-state index in [1.165, 1.54) is 0 Å². The molecule has 106 valence electrons. The van der Waals surface area contributed by atoms with Crippen LogP contribution in [0.4, 0.5) is 5.82 Å². The monoisotopic (exact) mass is 272 g/mol. The Morgan fingerprint density at radius 1 is 1.40 bits per heavy atom. The summed E-state index contributed by atoms with van der Waals surface area (Å²) >= 11 is 0. The number of nitrogens with zero attached hydrogens (tertiary/aromatic N) is 2. The Morgan fingerprint density at radius 2 is 2.15 bits per heavy atom. The van der Waals surface area contributed by atoms with Crippen LogP contribution in [0.5, 0.6) is 0 Å². The van der Waals surface area contributed by atoms with Crippen LogP contribution >= 0.6 is 0 Å². The zero-order valence-corrected chi connectivity index (χ0v) is 12.2. The maximum Gasteiger partial charge on any atom is 0.242 e. The fourth-order valence-corrected chi connectivity index (χ4v) is 2.35. The molecule has 0 saturated carbocycles. The molecule has 0 saturated heterocycles. The number of amides is 1. The number of aryl methyl sites for hydroxylation is 2. The number of rotatable bonds is 4. The van der Waals surface area contributed by atoms with Crippen LogP contribution in [-0.4, -0.2) is 23.0 Å². The van der Waals surface area contributed by atoms with Gasteiger partial charge >= 0.3 is 0 Å². The molecule has 2 rings (SSSR count). The third-order valence-electron chi connectivity index (χ3n) is 3.35. The predicted molar refractivity (Wildman–Crippen MR) is 77.3 cm³/mol. The van der Waals surface area contributed by atoms with E-state index in [2.05, 4.69) is 21.7 Å². The summed E-state index contributed by atoms with van der Waals surface area (Å²) in [5.74, 6) is 0.422. The highest BCUT2D eigenvalue weighted by Crippen LogP contribution is 2.25. The van der Waals surface area contributed by atoms with E-state index >= 15 is 0 Å². The fraction of sp³-hybridized carbons (Fsp3) is 0.533. The van der Waals surface area contributed by atoms with Crippen LogP contribution < -0.4 is 10.6 Å². The molecule has 0 aromatic carbocycles.